The van der Waals surface area contributed by atoms with Gasteiger partial charge in [0.25, 0.3) is 0 Å². The van der Waals surface area contributed by atoms with E-state index in [0.29, 0.717) is 11.1 Å². The van der Waals surface area contributed by atoms with E-state index in [1.54, 1.807) is 12.1 Å². The van der Waals surface area contributed by atoms with Gasteiger partial charge in [0.2, 0.25) is 11.6 Å². The molecule has 0 fully saturated rings. The molecule has 1 aliphatic rings. The summed E-state index contributed by atoms with van der Waals surface area (Å²) in [7, 11) is 0. The van der Waals surface area contributed by atoms with Gasteiger partial charge in [-0.2, -0.15) is 0 Å². The molecular weight excluding hydrogens is 264 g/mol. The number of aliphatic hydroxyl groups excluding tert-OH is 1. The van der Waals surface area contributed by atoms with Crippen LogP contribution in [0.3, 0.4) is 0 Å². The summed E-state index contributed by atoms with van der Waals surface area (Å²) in [4.78, 5) is 24.5. The van der Waals surface area contributed by atoms with Crippen LogP contribution in [0.15, 0.2) is 30.4 Å². The second-order valence-electron chi connectivity index (χ2n) is 5.86. The summed E-state index contributed by atoms with van der Waals surface area (Å²) in [6.45, 7) is 11.3. The lowest BCUT2D eigenvalue weighted by atomic mass is 9.77. The quantitative estimate of drug-likeness (QED) is 0.675. The number of carbonyl (C=O) groups excluding carboxylic acids is 2. The third-order valence-electron chi connectivity index (χ3n) is 4.15. The maximum atomic E-state index is 12.5. The molecule has 3 nitrogen and oxygen atoms in total. The molecule has 0 bridgehead atoms. The van der Waals surface area contributed by atoms with Crippen LogP contribution < -0.4 is 0 Å². The van der Waals surface area contributed by atoms with Gasteiger partial charge in [-0.05, 0) is 30.9 Å². The first-order chi connectivity index (χ1) is 9.81. The van der Waals surface area contributed by atoms with Crippen molar-refractivity contribution in [1.82, 2.24) is 0 Å². The molecule has 0 saturated heterocycles. The van der Waals surface area contributed by atoms with E-state index in [1.165, 1.54) is 6.92 Å². The van der Waals surface area contributed by atoms with Crippen molar-refractivity contribution in [2.75, 3.05) is 0 Å². The van der Waals surface area contributed by atoms with Crippen molar-refractivity contribution in [3.63, 3.8) is 0 Å². The van der Waals surface area contributed by atoms with Crippen LogP contribution in [0.4, 0.5) is 0 Å². The SMILES string of the molecule is C=CC(c1c(C)ccc2c1C(=O)C(=O)C(C)=C2O)C(C)C. The molecule has 0 radical (unpaired) electrons. The highest BCUT2D eigenvalue weighted by atomic mass is 16.3. The number of rotatable bonds is 3. The Labute approximate surface area is 125 Å². The molecule has 1 atom stereocenters. The third-order valence-corrected chi connectivity index (χ3v) is 4.15. The molecule has 0 aliphatic heterocycles. The summed E-state index contributed by atoms with van der Waals surface area (Å²) < 4.78 is 0. The van der Waals surface area contributed by atoms with Crippen LogP contribution in [-0.4, -0.2) is 16.7 Å². The molecule has 1 aromatic carbocycles. The molecule has 0 aromatic heterocycles. The van der Waals surface area contributed by atoms with Crippen molar-refractivity contribution in [2.24, 2.45) is 5.92 Å². The van der Waals surface area contributed by atoms with E-state index in [2.05, 4.69) is 6.58 Å². The normalized spacial score (nSPS) is 16.2. The number of hydrogen-bond acceptors (Lipinski definition) is 3. The van der Waals surface area contributed by atoms with Gasteiger partial charge in [0.1, 0.15) is 5.76 Å². The van der Waals surface area contributed by atoms with Gasteiger partial charge in [-0.3, -0.25) is 9.59 Å². The van der Waals surface area contributed by atoms with Crippen molar-refractivity contribution in [3.05, 3.63) is 52.6 Å². The lowest BCUT2D eigenvalue weighted by Gasteiger charge is -2.26. The summed E-state index contributed by atoms with van der Waals surface area (Å²) in [5, 5.41) is 10.2. The number of benzene rings is 1. The highest BCUT2D eigenvalue weighted by molar-refractivity contribution is 6.52. The van der Waals surface area contributed by atoms with E-state index < -0.39 is 11.6 Å². The maximum Gasteiger partial charge on any atom is 0.234 e. The van der Waals surface area contributed by atoms with Gasteiger partial charge in [0.05, 0.1) is 0 Å². The van der Waals surface area contributed by atoms with Crippen LogP contribution in [0.2, 0.25) is 0 Å². The Balaban J connectivity index is 2.85. The lowest BCUT2D eigenvalue weighted by molar-refractivity contribution is -0.111. The largest absolute Gasteiger partial charge is 0.507 e. The second-order valence-corrected chi connectivity index (χ2v) is 5.86. The van der Waals surface area contributed by atoms with E-state index in [4.69, 9.17) is 0 Å². The standard InChI is InChI=1S/C18H20O3/c1-6-12(9(2)3)14-10(4)7-8-13-15(14)18(21)17(20)11(5)16(13)19/h6-9,12,19H,1H2,2-5H3. The van der Waals surface area contributed by atoms with E-state index in [1.807, 2.05) is 26.8 Å². The monoisotopic (exact) mass is 284 g/mol. The summed E-state index contributed by atoms with van der Waals surface area (Å²) >= 11 is 0. The van der Waals surface area contributed by atoms with E-state index >= 15 is 0 Å². The predicted octanol–water partition coefficient (Wildman–Crippen LogP) is 3.98. The average Bonchev–Trinajstić information content (AvgIpc) is 2.44. The topological polar surface area (TPSA) is 54.4 Å². The number of fused-ring (bicyclic) bond motifs is 1. The smallest absolute Gasteiger partial charge is 0.234 e. The number of ketones is 2. The Morgan fingerprint density at radius 3 is 2.29 bits per heavy atom. The van der Waals surface area contributed by atoms with Gasteiger partial charge >= 0.3 is 0 Å². The molecule has 1 aliphatic carbocycles. The van der Waals surface area contributed by atoms with Gasteiger partial charge in [-0.25, -0.2) is 0 Å². The number of carbonyl (C=O) groups is 2. The highest BCUT2D eigenvalue weighted by Crippen LogP contribution is 2.38. The molecule has 110 valence electrons. The minimum absolute atomic E-state index is 0.0390. The highest BCUT2D eigenvalue weighted by Gasteiger charge is 2.34. The van der Waals surface area contributed by atoms with Crippen molar-refractivity contribution in [2.45, 2.75) is 33.6 Å². The zero-order chi connectivity index (χ0) is 15.9. The molecule has 3 heteroatoms. The van der Waals surface area contributed by atoms with Gasteiger partial charge in [0, 0.05) is 22.6 Å². The van der Waals surface area contributed by atoms with E-state index in [9.17, 15) is 14.7 Å². The van der Waals surface area contributed by atoms with Gasteiger partial charge in [0.15, 0.2) is 0 Å². The number of hydrogen-bond donors (Lipinski definition) is 1. The Bertz CT molecular complexity index is 678. The van der Waals surface area contributed by atoms with Gasteiger partial charge in [-0.15, -0.1) is 6.58 Å². The van der Waals surface area contributed by atoms with Crippen LogP contribution in [0.1, 0.15) is 53.7 Å². The van der Waals surface area contributed by atoms with Crippen LogP contribution in [0, 0.1) is 12.8 Å². The Morgan fingerprint density at radius 2 is 1.76 bits per heavy atom. The minimum atomic E-state index is -0.626. The summed E-state index contributed by atoms with van der Waals surface area (Å²) in [6, 6.07) is 3.58. The molecule has 1 aromatic rings. The summed E-state index contributed by atoms with van der Waals surface area (Å²) in [5.41, 5.74) is 2.63. The first-order valence-electron chi connectivity index (χ1n) is 7.06. The fourth-order valence-electron chi connectivity index (χ4n) is 2.91. The number of aliphatic hydroxyl groups is 1. The molecule has 0 heterocycles. The average molecular weight is 284 g/mol. The third kappa shape index (κ3) is 2.23. The molecule has 1 unspecified atom stereocenters. The van der Waals surface area contributed by atoms with E-state index in [-0.39, 0.29) is 23.2 Å². The number of Topliss-reactive ketones (excluding diaryl/α,β-unsaturated/α-hetero) is 2. The molecule has 1 N–H and O–H groups in total. The van der Waals surface area contributed by atoms with Crippen molar-refractivity contribution in [3.8, 4) is 0 Å². The van der Waals surface area contributed by atoms with Crippen LogP contribution in [0.25, 0.3) is 5.76 Å². The first-order valence-corrected chi connectivity index (χ1v) is 7.06. The Kier molecular flexibility index (Phi) is 3.86. The summed E-state index contributed by atoms with van der Waals surface area (Å²) in [5.74, 6) is -1.06. The maximum absolute atomic E-state index is 12.5. The zero-order valence-corrected chi connectivity index (χ0v) is 12.9. The van der Waals surface area contributed by atoms with Crippen molar-refractivity contribution in [1.29, 1.82) is 0 Å². The second kappa shape index (κ2) is 5.32. The molecule has 0 amide bonds. The summed E-state index contributed by atoms with van der Waals surface area (Å²) in [6.07, 6.45) is 1.80. The van der Waals surface area contributed by atoms with Crippen LogP contribution in [0.5, 0.6) is 0 Å². The van der Waals surface area contributed by atoms with Crippen molar-refractivity contribution < 1.29 is 14.7 Å². The predicted molar refractivity (Wildman–Crippen MR) is 83.5 cm³/mol. The van der Waals surface area contributed by atoms with E-state index in [0.717, 1.165) is 11.1 Å². The number of allylic oxidation sites excluding steroid dienone is 2. The first kappa shape index (κ1) is 15.2. The Hall–Kier alpha value is -2.16. The van der Waals surface area contributed by atoms with Gasteiger partial charge < -0.3 is 5.11 Å². The zero-order valence-electron chi connectivity index (χ0n) is 12.9. The minimum Gasteiger partial charge on any atom is -0.507 e. The van der Waals surface area contributed by atoms with Gasteiger partial charge in [-0.1, -0.05) is 32.1 Å². The van der Waals surface area contributed by atoms with Crippen LogP contribution >= 0.6 is 0 Å². The fraction of sp³-hybridized carbons (Fsp3) is 0.333. The molecule has 0 saturated carbocycles. The molecular formula is C18H20O3. The fourth-order valence-corrected chi connectivity index (χ4v) is 2.91. The van der Waals surface area contributed by atoms with Crippen molar-refractivity contribution >= 4 is 17.3 Å². The molecule has 0 spiro atoms. The lowest BCUT2D eigenvalue weighted by Crippen LogP contribution is -2.26. The van der Waals surface area contributed by atoms with Crippen LogP contribution in [-0.2, 0) is 4.79 Å². The molecule has 21 heavy (non-hydrogen) atoms. The molecule has 2 rings (SSSR count). The Morgan fingerprint density at radius 1 is 1.14 bits per heavy atom. The number of aryl methyl sites for hydroxylation is 1.